The van der Waals surface area contributed by atoms with Crippen LogP contribution >= 0.6 is 0 Å². The number of ether oxygens (including phenoxy) is 10. The standard InChI is InChI=1S/C38H52N2O14/c41-35-31-5-1-2-6-32(31)36(42)39(35)9-11-45-13-15-47-17-19-49-21-23-51-25-27-53-29-30-54-28-26-52-24-22-50-20-18-48-16-14-46-12-10-40-37(43)33-7-3-4-8-34(33)38(40)44/h1-8H,9-30H2. The summed E-state index contributed by atoms with van der Waals surface area (Å²) in [6, 6.07) is 13.6. The Hall–Kier alpha value is -3.68. The number of nitrogens with zero attached hydrogens (tertiary/aromatic N) is 2. The fraction of sp³-hybridized carbons (Fsp3) is 0.579. The van der Waals surface area contributed by atoms with Gasteiger partial charge in [-0.2, -0.15) is 0 Å². The predicted molar refractivity (Wildman–Crippen MR) is 192 cm³/mol. The van der Waals surface area contributed by atoms with Gasteiger partial charge >= 0.3 is 0 Å². The van der Waals surface area contributed by atoms with Crippen LogP contribution in [0.15, 0.2) is 48.5 Å². The van der Waals surface area contributed by atoms with E-state index in [2.05, 4.69) is 0 Å². The zero-order valence-corrected chi connectivity index (χ0v) is 30.8. The summed E-state index contributed by atoms with van der Waals surface area (Å²) in [5, 5.41) is 0. The molecule has 54 heavy (non-hydrogen) atoms. The molecule has 0 unspecified atom stereocenters. The minimum absolute atomic E-state index is 0.206. The number of carbonyl (C=O) groups excluding carboxylic acids is 4. The zero-order valence-electron chi connectivity index (χ0n) is 30.8. The van der Waals surface area contributed by atoms with Crippen molar-refractivity contribution >= 4 is 23.6 Å². The van der Waals surface area contributed by atoms with E-state index in [9.17, 15) is 19.2 Å². The molecule has 0 aliphatic carbocycles. The molecule has 2 aromatic rings. The lowest BCUT2D eigenvalue weighted by atomic mass is 10.1. The van der Waals surface area contributed by atoms with Crippen LogP contribution in [0.25, 0.3) is 0 Å². The minimum atomic E-state index is -0.284. The maximum absolute atomic E-state index is 12.3. The van der Waals surface area contributed by atoms with Crippen molar-refractivity contribution in [1.82, 2.24) is 9.80 Å². The molecular formula is C38H52N2O14. The van der Waals surface area contributed by atoms with Gasteiger partial charge in [0.05, 0.1) is 167 Å². The van der Waals surface area contributed by atoms with Gasteiger partial charge in [0.1, 0.15) is 0 Å². The number of fused-ring (bicyclic) bond motifs is 2. The maximum atomic E-state index is 12.3. The van der Waals surface area contributed by atoms with Gasteiger partial charge in [0.25, 0.3) is 23.6 Å². The lowest BCUT2D eigenvalue weighted by Gasteiger charge is -2.13. The molecule has 2 aliphatic rings. The first-order chi connectivity index (χ1) is 26.6. The van der Waals surface area contributed by atoms with E-state index in [1.54, 1.807) is 48.5 Å². The van der Waals surface area contributed by atoms with Crippen molar-refractivity contribution in [2.45, 2.75) is 0 Å². The van der Waals surface area contributed by atoms with E-state index in [1.165, 1.54) is 9.80 Å². The molecule has 0 radical (unpaired) electrons. The topological polar surface area (TPSA) is 167 Å². The fourth-order valence-corrected chi connectivity index (χ4v) is 5.28. The Balaban J connectivity index is 0.777. The number of carbonyl (C=O) groups is 4. The average molecular weight is 761 g/mol. The zero-order chi connectivity index (χ0) is 38.1. The van der Waals surface area contributed by atoms with Crippen molar-refractivity contribution in [3.8, 4) is 0 Å². The Kier molecular flexibility index (Phi) is 20.9. The smallest absolute Gasteiger partial charge is 0.261 e. The van der Waals surface area contributed by atoms with Crippen LogP contribution in [0.2, 0.25) is 0 Å². The summed E-state index contributed by atoms with van der Waals surface area (Å²) < 4.78 is 54.8. The molecule has 4 amide bonds. The molecule has 0 atom stereocenters. The van der Waals surface area contributed by atoms with Gasteiger partial charge in [-0.05, 0) is 24.3 Å². The molecule has 0 saturated carbocycles. The first-order valence-corrected chi connectivity index (χ1v) is 18.3. The van der Waals surface area contributed by atoms with Crippen molar-refractivity contribution in [3.63, 3.8) is 0 Å². The van der Waals surface area contributed by atoms with Crippen LogP contribution in [0.3, 0.4) is 0 Å². The Bertz CT molecular complexity index is 1250. The second kappa shape index (κ2) is 26.2. The molecule has 0 N–H and O–H groups in total. The Morgan fingerprint density at radius 3 is 0.630 bits per heavy atom. The van der Waals surface area contributed by atoms with Crippen LogP contribution in [0.5, 0.6) is 0 Å². The Morgan fingerprint density at radius 1 is 0.278 bits per heavy atom. The highest BCUT2D eigenvalue weighted by Crippen LogP contribution is 2.23. The first kappa shape index (κ1) is 43.1. The van der Waals surface area contributed by atoms with E-state index >= 15 is 0 Å². The summed E-state index contributed by atoms with van der Waals surface area (Å²) in [5.74, 6) is -1.14. The van der Waals surface area contributed by atoms with Crippen LogP contribution in [0, 0.1) is 0 Å². The molecular weight excluding hydrogens is 708 g/mol. The molecule has 4 rings (SSSR count). The number of hydrogen-bond donors (Lipinski definition) is 0. The third-order valence-corrected chi connectivity index (χ3v) is 8.02. The second-order valence-corrected chi connectivity index (χ2v) is 11.7. The lowest BCUT2D eigenvalue weighted by Crippen LogP contribution is -2.33. The average Bonchev–Trinajstić information content (AvgIpc) is 3.58. The summed E-state index contributed by atoms with van der Waals surface area (Å²) >= 11 is 0. The lowest BCUT2D eigenvalue weighted by molar-refractivity contribution is -0.0266. The quantitative estimate of drug-likeness (QED) is 0.0763. The normalized spacial score (nSPS) is 13.8. The van der Waals surface area contributed by atoms with Gasteiger partial charge in [-0.25, -0.2) is 0 Å². The van der Waals surface area contributed by atoms with Crippen molar-refractivity contribution < 1.29 is 66.5 Å². The fourth-order valence-electron chi connectivity index (χ4n) is 5.28. The number of imide groups is 2. The van der Waals surface area contributed by atoms with Gasteiger partial charge < -0.3 is 47.4 Å². The maximum Gasteiger partial charge on any atom is 0.261 e. The van der Waals surface area contributed by atoms with Crippen molar-refractivity contribution in [3.05, 3.63) is 70.8 Å². The summed E-state index contributed by atoms with van der Waals surface area (Å²) in [6.07, 6.45) is 0. The van der Waals surface area contributed by atoms with Gasteiger partial charge in [0.15, 0.2) is 0 Å². The predicted octanol–water partition coefficient (Wildman–Crippen LogP) is 1.74. The van der Waals surface area contributed by atoms with Gasteiger partial charge in [-0.15, -0.1) is 0 Å². The molecule has 2 aliphatic heterocycles. The van der Waals surface area contributed by atoms with Gasteiger partial charge in [0.2, 0.25) is 0 Å². The van der Waals surface area contributed by atoms with Crippen LogP contribution < -0.4 is 0 Å². The molecule has 16 nitrogen and oxygen atoms in total. The Labute approximate surface area is 315 Å². The largest absolute Gasteiger partial charge is 0.377 e. The molecule has 2 heterocycles. The molecule has 2 aromatic carbocycles. The molecule has 0 aromatic heterocycles. The summed E-state index contributed by atoms with van der Waals surface area (Å²) in [6.45, 7) is 8.68. The van der Waals surface area contributed by atoms with Crippen LogP contribution in [0.4, 0.5) is 0 Å². The van der Waals surface area contributed by atoms with E-state index in [1.807, 2.05) is 0 Å². The monoisotopic (exact) mass is 760 g/mol. The highest BCUT2D eigenvalue weighted by molar-refractivity contribution is 6.22. The number of hydrogen-bond acceptors (Lipinski definition) is 14. The van der Waals surface area contributed by atoms with E-state index in [0.29, 0.717) is 141 Å². The van der Waals surface area contributed by atoms with E-state index in [4.69, 9.17) is 47.4 Å². The molecule has 298 valence electrons. The minimum Gasteiger partial charge on any atom is -0.377 e. The van der Waals surface area contributed by atoms with Crippen LogP contribution in [-0.2, 0) is 47.4 Å². The number of rotatable bonds is 33. The van der Waals surface area contributed by atoms with Gasteiger partial charge in [-0.3, -0.25) is 29.0 Å². The highest BCUT2D eigenvalue weighted by atomic mass is 16.6. The van der Waals surface area contributed by atoms with E-state index in [-0.39, 0.29) is 49.9 Å². The third kappa shape index (κ3) is 14.9. The van der Waals surface area contributed by atoms with Gasteiger partial charge in [0, 0.05) is 0 Å². The summed E-state index contributed by atoms with van der Waals surface area (Å²) in [4.78, 5) is 51.7. The number of benzene rings is 2. The Morgan fingerprint density at radius 2 is 0.444 bits per heavy atom. The highest BCUT2D eigenvalue weighted by Gasteiger charge is 2.35. The molecule has 16 heteroatoms. The van der Waals surface area contributed by atoms with Crippen LogP contribution in [-0.4, -0.2) is 179 Å². The van der Waals surface area contributed by atoms with Gasteiger partial charge in [-0.1, -0.05) is 24.3 Å². The van der Waals surface area contributed by atoms with E-state index < -0.39 is 0 Å². The van der Waals surface area contributed by atoms with Crippen LogP contribution in [0.1, 0.15) is 41.4 Å². The SMILES string of the molecule is O=C1c2ccccc2C(=O)N1CCOCCOCCOCCOCCOCCOCCOCCOCCOCCOCCN1C(=O)c2ccccc2C1=O. The molecule has 0 bridgehead atoms. The second-order valence-electron chi connectivity index (χ2n) is 11.7. The molecule has 0 saturated heterocycles. The third-order valence-electron chi connectivity index (χ3n) is 8.02. The summed E-state index contributed by atoms with van der Waals surface area (Å²) in [7, 11) is 0. The number of amides is 4. The van der Waals surface area contributed by atoms with Crippen molar-refractivity contribution in [2.75, 3.05) is 145 Å². The van der Waals surface area contributed by atoms with E-state index in [0.717, 1.165) is 0 Å². The molecule has 0 spiro atoms. The van der Waals surface area contributed by atoms with Crippen molar-refractivity contribution in [1.29, 1.82) is 0 Å². The summed E-state index contributed by atoms with van der Waals surface area (Å²) in [5.41, 5.74) is 1.74. The first-order valence-electron chi connectivity index (χ1n) is 18.3. The van der Waals surface area contributed by atoms with Crippen molar-refractivity contribution in [2.24, 2.45) is 0 Å². The molecule has 0 fully saturated rings.